The largest absolute Gasteiger partial charge is 0.481 e. The third kappa shape index (κ3) is 10.5. The number of nitrogens with two attached hydrogens (primary N) is 2. The molecule has 3 atom stereocenters. The van der Waals surface area contributed by atoms with Gasteiger partial charge in [0.15, 0.2) is 0 Å². The molecule has 0 bridgehead atoms. The molecule has 0 aliphatic rings. The molecular formula is C21H29N5O8. The lowest BCUT2D eigenvalue weighted by Crippen LogP contribution is -2.56. The van der Waals surface area contributed by atoms with Gasteiger partial charge in [0.25, 0.3) is 0 Å². The third-order valence-electron chi connectivity index (χ3n) is 4.69. The van der Waals surface area contributed by atoms with Gasteiger partial charge in [-0.2, -0.15) is 0 Å². The molecule has 186 valence electrons. The molecule has 3 unspecified atom stereocenters. The van der Waals surface area contributed by atoms with Crippen LogP contribution in [0.3, 0.4) is 0 Å². The monoisotopic (exact) mass is 479 g/mol. The van der Waals surface area contributed by atoms with Crippen LogP contribution in [0.5, 0.6) is 0 Å². The summed E-state index contributed by atoms with van der Waals surface area (Å²) in [4.78, 5) is 70.9. The minimum Gasteiger partial charge on any atom is -0.481 e. The number of carbonyl (C=O) groups excluding carboxylic acids is 4. The van der Waals surface area contributed by atoms with Crippen LogP contribution in [-0.2, 0) is 35.2 Å². The fourth-order valence-electron chi connectivity index (χ4n) is 2.94. The van der Waals surface area contributed by atoms with E-state index in [1.54, 1.807) is 30.3 Å². The van der Waals surface area contributed by atoms with Gasteiger partial charge < -0.3 is 37.6 Å². The molecule has 0 spiro atoms. The van der Waals surface area contributed by atoms with Crippen LogP contribution in [-0.4, -0.2) is 70.5 Å². The topological polar surface area (TPSA) is 231 Å². The number of hydrogen-bond donors (Lipinski definition) is 7. The number of carbonyl (C=O) groups is 6. The van der Waals surface area contributed by atoms with E-state index in [9.17, 15) is 33.9 Å². The molecule has 13 heteroatoms. The maximum atomic E-state index is 12.8. The van der Waals surface area contributed by atoms with Crippen molar-refractivity contribution in [1.82, 2.24) is 16.0 Å². The average molecular weight is 479 g/mol. The van der Waals surface area contributed by atoms with Crippen molar-refractivity contribution >= 4 is 35.6 Å². The highest BCUT2D eigenvalue weighted by Gasteiger charge is 2.30. The summed E-state index contributed by atoms with van der Waals surface area (Å²) in [5.74, 6) is -5.80. The number of hydrogen-bond acceptors (Lipinski definition) is 7. The van der Waals surface area contributed by atoms with Crippen LogP contribution >= 0.6 is 0 Å². The first-order chi connectivity index (χ1) is 16.0. The van der Waals surface area contributed by atoms with Crippen LogP contribution in [0.25, 0.3) is 0 Å². The van der Waals surface area contributed by atoms with Crippen molar-refractivity contribution < 1.29 is 39.0 Å². The Morgan fingerprint density at radius 2 is 1.32 bits per heavy atom. The lowest BCUT2D eigenvalue weighted by Gasteiger charge is -2.24. The molecule has 34 heavy (non-hydrogen) atoms. The van der Waals surface area contributed by atoms with Crippen molar-refractivity contribution in [3.8, 4) is 0 Å². The summed E-state index contributed by atoms with van der Waals surface area (Å²) in [6.45, 7) is -0.456. The molecule has 0 aliphatic heterocycles. The van der Waals surface area contributed by atoms with Crippen LogP contribution < -0.4 is 27.4 Å². The molecule has 13 nitrogen and oxygen atoms in total. The second-order valence-electron chi connectivity index (χ2n) is 7.41. The first-order valence-electron chi connectivity index (χ1n) is 10.4. The van der Waals surface area contributed by atoms with Crippen molar-refractivity contribution in [2.45, 2.75) is 50.2 Å². The number of carboxylic acid groups (broad SMARTS) is 2. The molecular weight excluding hydrogens is 450 g/mol. The zero-order valence-electron chi connectivity index (χ0n) is 18.4. The predicted molar refractivity (Wildman–Crippen MR) is 118 cm³/mol. The van der Waals surface area contributed by atoms with Gasteiger partial charge in [0, 0.05) is 19.3 Å². The van der Waals surface area contributed by atoms with Crippen molar-refractivity contribution in [2.24, 2.45) is 11.5 Å². The van der Waals surface area contributed by atoms with E-state index in [-0.39, 0.29) is 25.7 Å². The minimum absolute atomic E-state index is 0.0355. The van der Waals surface area contributed by atoms with Crippen molar-refractivity contribution in [2.75, 3.05) is 6.54 Å². The van der Waals surface area contributed by atoms with E-state index < -0.39 is 66.7 Å². The molecule has 0 aliphatic carbocycles. The van der Waals surface area contributed by atoms with Crippen LogP contribution in [0.15, 0.2) is 30.3 Å². The maximum Gasteiger partial charge on any atom is 0.326 e. The fraction of sp³-hybridized carbons (Fsp3) is 0.429. The standard InChI is InChI=1S/C21H29N5O8/c22-11-17(28)24-13(7-9-18(29)30)19(31)25-14(6-8-16(23)27)20(32)26-15(21(33)34)10-12-4-2-1-3-5-12/h1-5,13-15H,6-11,22H2,(H2,23,27)(H,24,28)(H,25,31)(H,26,32)(H,29,30)(H,33,34). The Morgan fingerprint density at radius 3 is 1.82 bits per heavy atom. The number of benzene rings is 1. The number of carboxylic acids is 2. The molecule has 0 fully saturated rings. The molecule has 0 saturated carbocycles. The van der Waals surface area contributed by atoms with Gasteiger partial charge in [-0.15, -0.1) is 0 Å². The number of rotatable bonds is 15. The summed E-state index contributed by atoms with van der Waals surface area (Å²) in [5, 5.41) is 25.3. The highest BCUT2D eigenvalue weighted by atomic mass is 16.4. The van der Waals surface area contributed by atoms with Gasteiger partial charge >= 0.3 is 11.9 Å². The maximum absolute atomic E-state index is 12.8. The van der Waals surface area contributed by atoms with E-state index >= 15 is 0 Å². The van der Waals surface area contributed by atoms with Gasteiger partial charge in [0.05, 0.1) is 6.54 Å². The Morgan fingerprint density at radius 1 is 0.794 bits per heavy atom. The van der Waals surface area contributed by atoms with E-state index in [0.717, 1.165) is 0 Å². The van der Waals surface area contributed by atoms with E-state index in [1.165, 1.54) is 0 Å². The molecule has 1 rings (SSSR count). The summed E-state index contributed by atoms with van der Waals surface area (Å²) in [5.41, 5.74) is 11.0. The quantitative estimate of drug-likeness (QED) is 0.145. The normalized spacial score (nSPS) is 13.1. The van der Waals surface area contributed by atoms with Gasteiger partial charge in [-0.3, -0.25) is 24.0 Å². The average Bonchev–Trinajstić information content (AvgIpc) is 2.78. The number of nitrogens with one attached hydrogen (secondary N) is 3. The Kier molecular flexibility index (Phi) is 11.7. The summed E-state index contributed by atoms with van der Waals surface area (Å²) in [6.07, 6.45) is -1.33. The predicted octanol–water partition coefficient (Wildman–Crippen LogP) is -2.14. The summed E-state index contributed by atoms with van der Waals surface area (Å²) >= 11 is 0. The first-order valence-corrected chi connectivity index (χ1v) is 10.4. The second-order valence-corrected chi connectivity index (χ2v) is 7.41. The zero-order chi connectivity index (χ0) is 25.7. The third-order valence-corrected chi connectivity index (χ3v) is 4.69. The van der Waals surface area contributed by atoms with Crippen molar-refractivity contribution in [3.05, 3.63) is 35.9 Å². The minimum atomic E-state index is -1.38. The summed E-state index contributed by atoms with van der Waals surface area (Å²) < 4.78 is 0. The summed E-state index contributed by atoms with van der Waals surface area (Å²) in [6, 6.07) is 4.50. The first kappa shape index (κ1) is 28.0. The second kappa shape index (κ2) is 14.2. The van der Waals surface area contributed by atoms with Crippen molar-refractivity contribution in [3.63, 3.8) is 0 Å². The van der Waals surface area contributed by atoms with Gasteiger partial charge in [-0.1, -0.05) is 30.3 Å². The van der Waals surface area contributed by atoms with E-state index in [0.29, 0.717) is 5.56 Å². The molecule has 0 saturated heterocycles. The highest BCUT2D eigenvalue weighted by molar-refractivity contribution is 5.94. The zero-order valence-corrected chi connectivity index (χ0v) is 18.4. The number of amides is 4. The van der Waals surface area contributed by atoms with Crippen LogP contribution in [0.4, 0.5) is 0 Å². The Bertz CT molecular complexity index is 892. The lowest BCUT2D eigenvalue weighted by atomic mass is 10.0. The molecule has 9 N–H and O–H groups in total. The van der Waals surface area contributed by atoms with Crippen LogP contribution in [0, 0.1) is 0 Å². The number of aliphatic carboxylic acids is 2. The van der Waals surface area contributed by atoms with Gasteiger partial charge in [0.1, 0.15) is 18.1 Å². The van der Waals surface area contributed by atoms with Crippen molar-refractivity contribution in [1.29, 1.82) is 0 Å². The van der Waals surface area contributed by atoms with Crippen LogP contribution in [0.2, 0.25) is 0 Å². The Hall–Kier alpha value is -4.00. The van der Waals surface area contributed by atoms with E-state index in [2.05, 4.69) is 16.0 Å². The van der Waals surface area contributed by atoms with E-state index in [4.69, 9.17) is 16.6 Å². The van der Waals surface area contributed by atoms with E-state index in [1.807, 2.05) is 0 Å². The van der Waals surface area contributed by atoms with Gasteiger partial charge in [-0.05, 0) is 18.4 Å². The smallest absolute Gasteiger partial charge is 0.326 e. The Labute approximate surface area is 195 Å². The molecule has 0 heterocycles. The fourth-order valence-corrected chi connectivity index (χ4v) is 2.94. The molecule has 0 aromatic heterocycles. The molecule has 1 aromatic rings. The lowest BCUT2D eigenvalue weighted by molar-refractivity contribution is -0.142. The molecule has 4 amide bonds. The van der Waals surface area contributed by atoms with Gasteiger partial charge in [-0.25, -0.2) is 4.79 Å². The van der Waals surface area contributed by atoms with Crippen LogP contribution in [0.1, 0.15) is 31.2 Å². The SMILES string of the molecule is NCC(=O)NC(CCC(=O)O)C(=O)NC(CCC(N)=O)C(=O)NC(Cc1ccccc1)C(=O)O. The highest BCUT2D eigenvalue weighted by Crippen LogP contribution is 2.07. The molecule has 0 radical (unpaired) electrons. The molecule has 1 aromatic carbocycles. The number of primary amides is 1. The summed E-state index contributed by atoms with van der Waals surface area (Å²) in [7, 11) is 0. The van der Waals surface area contributed by atoms with Gasteiger partial charge in [0.2, 0.25) is 23.6 Å². The Balaban J connectivity index is 3.00.